The zero-order chi connectivity index (χ0) is 12.5. The van der Waals surface area contributed by atoms with Crippen LogP contribution in [0.3, 0.4) is 0 Å². The molecule has 1 saturated heterocycles. The van der Waals surface area contributed by atoms with Gasteiger partial charge < -0.3 is 4.98 Å². The maximum Gasteiger partial charge on any atom is 0.257 e. The maximum atomic E-state index is 11.7. The number of imidazole rings is 1. The van der Waals surface area contributed by atoms with Gasteiger partial charge in [0, 0.05) is 6.54 Å². The molecule has 1 unspecified atom stereocenters. The first-order valence-electron chi connectivity index (χ1n) is 5.11. The van der Waals surface area contributed by atoms with E-state index in [0.717, 1.165) is 0 Å². The molecule has 7 nitrogen and oxygen atoms in total. The van der Waals surface area contributed by atoms with Gasteiger partial charge in [0.05, 0.1) is 23.5 Å². The van der Waals surface area contributed by atoms with Crippen molar-refractivity contribution in [1.29, 1.82) is 0 Å². The van der Waals surface area contributed by atoms with E-state index < -0.39 is 25.1 Å². The molecule has 1 aliphatic rings. The first kappa shape index (κ1) is 12.5. The average molecular weight is 279 g/mol. The second-order valence-corrected chi connectivity index (χ2v) is 8.03. The van der Waals surface area contributed by atoms with E-state index in [4.69, 9.17) is 0 Å². The Labute approximate surface area is 99.6 Å². The Hall–Kier alpha value is -0.930. The minimum Gasteiger partial charge on any atom is -0.335 e. The fourth-order valence-electron chi connectivity index (χ4n) is 1.76. The van der Waals surface area contributed by atoms with Crippen molar-refractivity contribution in [3.8, 4) is 0 Å². The Morgan fingerprint density at radius 3 is 2.82 bits per heavy atom. The molecule has 1 aliphatic heterocycles. The molecule has 17 heavy (non-hydrogen) atoms. The van der Waals surface area contributed by atoms with Gasteiger partial charge in [0.2, 0.25) is 0 Å². The Balaban J connectivity index is 2.04. The first-order chi connectivity index (χ1) is 7.92. The predicted molar refractivity (Wildman–Crippen MR) is 60.6 cm³/mol. The molecule has 0 aliphatic carbocycles. The van der Waals surface area contributed by atoms with E-state index in [9.17, 15) is 16.8 Å². The second-order valence-electron chi connectivity index (χ2n) is 3.90. The molecule has 1 atom stereocenters. The van der Waals surface area contributed by atoms with Crippen molar-refractivity contribution in [3.63, 3.8) is 0 Å². The topological polar surface area (TPSA) is 109 Å². The summed E-state index contributed by atoms with van der Waals surface area (Å²) < 4.78 is 48.7. The number of sulfone groups is 1. The van der Waals surface area contributed by atoms with E-state index in [2.05, 4.69) is 14.7 Å². The molecule has 0 aromatic carbocycles. The largest absolute Gasteiger partial charge is 0.335 e. The second kappa shape index (κ2) is 4.39. The summed E-state index contributed by atoms with van der Waals surface area (Å²) in [5.74, 6) is 0.142. The fourth-order valence-corrected chi connectivity index (χ4v) is 4.61. The predicted octanol–water partition coefficient (Wildman–Crippen LogP) is -0.735. The number of hydrogen-bond acceptors (Lipinski definition) is 5. The van der Waals surface area contributed by atoms with Crippen LogP contribution < -0.4 is 4.72 Å². The Kier molecular flexibility index (Phi) is 3.23. The summed E-state index contributed by atoms with van der Waals surface area (Å²) in [5.41, 5.74) is 0. The Bertz CT molecular complexity index is 576. The van der Waals surface area contributed by atoms with Crippen LogP contribution in [0, 0.1) is 0 Å². The molecule has 0 radical (unpaired) electrons. The normalized spacial score (nSPS) is 23.9. The van der Waals surface area contributed by atoms with Crippen molar-refractivity contribution in [2.45, 2.75) is 23.1 Å². The van der Waals surface area contributed by atoms with Gasteiger partial charge >= 0.3 is 0 Å². The van der Waals surface area contributed by atoms with Gasteiger partial charge in [-0.05, 0) is 12.8 Å². The van der Waals surface area contributed by atoms with Crippen LogP contribution in [0.25, 0.3) is 0 Å². The lowest BCUT2D eigenvalue weighted by Gasteiger charge is -2.10. The van der Waals surface area contributed by atoms with Gasteiger partial charge in [-0.3, -0.25) is 0 Å². The van der Waals surface area contributed by atoms with Gasteiger partial charge in [0.1, 0.15) is 0 Å². The number of H-pyrrole nitrogens is 1. The van der Waals surface area contributed by atoms with Gasteiger partial charge in [0.25, 0.3) is 10.0 Å². The monoisotopic (exact) mass is 279 g/mol. The minimum absolute atomic E-state index is 0.0621. The molecule has 0 saturated carbocycles. The molecule has 2 N–H and O–H groups in total. The summed E-state index contributed by atoms with van der Waals surface area (Å²) in [6.07, 6.45) is 3.53. The summed E-state index contributed by atoms with van der Waals surface area (Å²) in [4.78, 5) is 6.07. The van der Waals surface area contributed by atoms with Crippen molar-refractivity contribution < 1.29 is 16.8 Å². The van der Waals surface area contributed by atoms with Crippen LogP contribution in [0.2, 0.25) is 0 Å². The summed E-state index contributed by atoms with van der Waals surface area (Å²) in [6, 6.07) is 0. The smallest absolute Gasteiger partial charge is 0.257 e. The van der Waals surface area contributed by atoms with Gasteiger partial charge in [-0.25, -0.2) is 26.5 Å². The lowest BCUT2D eigenvalue weighted by molar-refractivity contribution is 0.568. The van der Waals surface area contributed by atoms with Crippen LogP contribution >= 0.6 is 0 Å². The highest BCUT2D eigenvalue weighted by Gasteiger charge is 2.32. The van der Waals surface area contributed by atoms with Crippen LogP contribution in [0.15, 0.2) is 17.6 Å². The number of aromatic amines is 1. The third-order valence-electron chi connectivity index (χ3n) is 2.73. The Morgan fingerprint density at radius 2 is 2.29 bits per heavy atom. The number of nitrogens with one attached hydrogen (secondary N) is 2. The highest BCUT2D eigenvalue weighted by molar-refractivity contribution is 7.92. The zero-order valence-electron chi connectivity index (χ0n) is 8.96. The van der Waals surface area contributed by atoms with Crippen LogP contribution in [-0.4, -0.2) is 44.4 Å². The molecule has 1 fully saturated rings. The molecule has 0 spiro atoms. The van der Waals surface area contributed by atoms with Crippen LogP contribution in [0.1, 0.15) is 12.8 Å². The molecule has 2 rings (SSSR count). The quantitative estimate of drug-likeness (QED) is 0.755. The van der Waals surface area contributed by atoms with Gasteiger partial charge in [-0.1, -0.05) is 0 Å². The van der Waals surface area contributed by atoms with E-state index in [-0.39, 0.29) is 17.3 Å². The van der Waals surface area contributed by atoms with Gasteiger partial charge in [0.15, 0.2) is 14.9 Å². The Morgan fingerprint density at radius 1 is 1.53 bits per heavy atom. The molecule has 1 aromatic heterocycles. The third kappa shape index (κ3) is 2.67. The van der Waals surface area contributed by atoms with E-state index >= 15 is 0 Å². The van der Waals surface area contributed by atoms with E-state index in [1.54, 1.807) is 0 Å². The highest BCUT2D eigenvalue weighted by atomic mass is 32.2. The van der Waals surface area contributed by atoms with Crippen LogP contribution in [0.4, 0.5) is 0 Å². The fraction of sp³-hybridized carbons (Fsp3) is 0.625. The number of nitrogens with zero attached hydrogens (tertiary/aromatic N) is 1. The summed E-state index contributed by atoms with van der Waals surface area (Å²) in [7, 11) is -6.82. The van der Waals surface area contributed by atoms with Gasteiger partial charge in [-0.2, -0.15) is 0 Å². The maximum absolute atomic E-state index is 11.7. The highest BCUT2D eigenvalue weighted by Crippen LogP contribution is 2.19. The van der Waals surface area contributed by atoms with Crippen molar-refractivity contribution in [2.75, 3.05) is 12.3 Å². The third-order valence-corrected chi connectivity index (χ3v) is 6.35. The van der Waals surface area contributed by atoms with E-state index in [1.807, 2.05) is 0 Å². The van der Waals surface area contributed by atoms with Crippen molar-refractivity contribution in [3.05, 3.63) is 12.5 Å². The lowest BCUT2D eigenvalue weighted by atomic mass is 10.2. The summed E-state index contributed by atoms with van der Waals surface area (Å²) in [5, 5.41) is -0.673. The molecule has 0 bridgehead atoms. The number of sulfonamides is 1. The van der Waals surface area contributed by atoms with Crippen LogP contribution in [0.5, 0.6) is 0 Å². The van der Waals surface area contributed by atoms with Gasteiger partial charge in [-0.15, -0.1) is 0 Å². The van der Waals surface area contributed by atoms with E-state index in [1.165, 1.54) is 12.5 Å². The SMILES string of the molecule is O=S(=O)(NCC1CCCS1(=O)=O)c1cnc[nH]1. The molecule has 2 heterocycles. The average Bonchev–Trinajstić information content (AvgIpc) is 2.84. The summed E-state index contributed by atoms with van der Waals surface area (Å²) in [6.45, 7) is -0.0797. The van der Waals surface area contributed by atoms with E-state index in [0.29, 0.717) is 12.8 Å². The molecule has 0 amide bonds. The van der Waals surface area contributed by atoms with Crippen molar-refractivity contribution in [2.24, 2.45) is 0 Å². The first-order valence-corrected chi connectivity index (χ1v) is 8.31. The standard InChI is InChI=1S/C8H13N3O4S2/c12-16(13)3-1-2-7(16)4-11-17(14,15)8-5-9-6-10-8/h5-7,11H,1-4H2,(H,9,10). The number of rotatable bonds is 4. The minimum atomic E-state index is -3.69. The number of aromatic nitrogens is 2. The molecule has 1 aromatic rings. The number of hydrogen-bond donors (Lipinski definition) is 2. The van der Waals surface area contributed by atoms with Crippen molar-refractivity contribution in [1.82, 2.24) is 14.7 Å². The lowest BCUT2D eigenvalue weighted by Crippen LogP contribution is -2.34. The molecule has 9 heteroatoms. The zero-order valence-corrected chi connectivity index (χ0v) is 10.6. The molecular formula is C8H13N3O4S2. The molecule has 96 valence electrons. The summed E-state index contributed by atoms with van der Waals surface area (Å²) >= 11 is 0. The van der Waals surface area contributed by atoms with Crippen molar-refractivity contribution >= 4 is 19.9 Å². The van der Waals surface area contributed by atoms with Crippen LogP contribution in [-0.2, 0) is 19.9 Å². The molecular weight excluding hydrogens is 266 g/mol.